The minimum absolute atomic E-state index is 0.0947. The van der Waals surface area contributed by atoms with Gasteiger partial charge in [-0.05, 0) is 54.8 Å². The molecule has 0 saturated carbocycles. The number of hydrogen-bond donors (Lipinski definition) is 2. The molecular weight excluding hydrogens is 336 g/mol. The number of rotatable bonds is 6. The number of hydrogen-bond acceptors (Lipinski definition) is 3. The van der Waals surface area contributed by atoms with E-state index in [1.165, 1.54) is 12.1 Å². The number of benzene rings is 2. The van der Waals surface area contributed by atoms with Gasteiger partial charge in [0.2, 0.25) is 10.0 Å². The van der Waals surface area contributed by atoms with E-state index < -0.39 is 10.0 Å². The van der Waals surface area contributed by atoms with Gasteiger partial charge in [0.25, 0.3) is 5.91 Å². The molecular formula is C16H17ClN2O3S. The summed E-state index contributed by atoms with van der Waals surface area (Å²) in [7, 11) is -3.66. The Bertz CT molecular complexity index is 772. The molecule has 0 atom stereocenters. The molecule has 0 bridgehead atoms. The highest BCUT2D eigenvalue weighted by atomic mass is 35.5. The third-order valence-electron chi connectivity index (χ3n) is 3.29. The minimum Gasteiger partial charge on any atom is -0.352 e. The number of carbonyl (C=O) groups excluding carboxylic acids is 1. The van der Waals surface area contributed by atoms with Gasteiger partial charge in [-0.3, -0.25) is 4.79 Å². The molecule has 7 heteroatoms. The zero-order valence-corrected chi connectivity index (χ0v) is 13.9. The maximum atomic E-state index is 11.9. The molecule has 0 saturated heterocycles. The highest BCUT2D eigenvalue weighted by molar-refractivity contribution is 7.89. The smallest absolute Gasteiger partial charge is 0.251 e. The van der Waals surface area contributed by atoms with E-state index in [1.54, 1.807) is 36.4 Å². The Labute approximate surface area is 140 Å². The molecule has 122 valence electrons. The molecule has 23 heavy (non-hydrogen) atoms. The summed E-state index contributed by atoms with van der Waals surface area (Å²) in [6, 6.07) is 13.1. The van der Waals surface area contributed by atoms with Crippen molar-refractivity contribution in [2.75, 3.05) is 6.54 Å². The summed E-state index contributed by atoms with van der Waals surface area (Å²) in [5.74, 6) is -0.147. The summed E-state index contributed by atoms with van der Waals surface area (Å²) >= 11 is 5.77. The Balaban J connectivity index is 1.79. The summed E-state index contributed by atoms with van der Waals surface area (Å²) in [6.07, 6.45) is 1.47. The number of amides is 1. The Morgan fingerprint density at radius 3 is 2.22 bits per heavy atom. The predicted molar refractivity (Wildman–Crippen MR) is 89.9 cm³/mol. The highest BCUT2D eigenvalue weighted by Gasteiger charge is 2.07. The molecule has 3 N–H and O–H groups in total. The lowest BCUT2D eigenvalue weighted by Crippen LogP contribution is -2.24. The van der Waals surface area contributed by atoms with Crippen LogP contribution in [0.3, 0.4) is 0 Å². The molecule has 0 unspecified atom stereocenters. The molecule has 0 aliphatic heterocycles. The van der Waals surface area contributed by atoms with Crippen LogP contribution in [0.25, 0.3) is 0 Å². The molecule has 2 aromatic carbocycles. The first-order chi connectivity index (χ1) is 10.9. The van der Waals surface area contributed by atoms with Crippen LogP contribution in [0.2, 0.25) is 5.02 Å². The lowest BCUT2D eigenvalue weighted by atomic mass is 10.1. The van der Waals surface area contributed by atoms with Gasteiger partial charge in [0, 0.05) is 17.1 Å². The van der Waals surface area contributed by atoms with Crippen molar-refractivity contribution in [1.29, 1.82) is 0 Å². The molecule has 0 spiro atoms. The first-order valence-corrected chi connectivity index (χ1v) is 8.94. The molecule has 0 aromatic heterocycles. The lowest BCUT2D eigenvalue weighted by molar-refractivity contribution is 0.0953. The monoisotopic (exact) mass is 352 g/mol. The van der Waals surface area contributed by atoms with E-state index >= 15 is 0 Å². The van der Waals surface area contributed by atoms with Crippen molar-refractivity contribution >= 4 is 27.5 Å². The summed E-state index contributed by atoms with van der Waals surface area (Å²) in [4.78, 5) is 12.0. The zero-order chi connectivity index (χ0) is 16.9. The molecule has 0 heterocycles. The summed E-state index contributed by atoms with van der Waals surface area (Å²) in [5.41, 5.74) is 1.55. The molecule has 1 amide bonds. The number of primary sulfonamides is 1. The fourth-order valence-electron chi connectivity index (χ4n) is 2.04. The number of nitrogens with two attached hydrogens (primary N) is 1. The van der Waals surface area contributed by atoms with E-state index in [4.69, 9.17) is 16.7 Å². The van der Waals surface area contributed by atoms with Gasteiger partial charge in [-0.2, -0.15) is 0 Å². The number of halogens is 1. The molecule has 0 radical (unpaired) electrons. The Morgan fingerprint density at radius 1 is 1.04 bits per heavy atom. The van der Waals surface area contributed by atoms with E-state index in [1.807, 2.05) is 0 Å². The summed E-state index contributed by atoms with van der Waals surface area (Å²) in [6.45, 7) is 0.526. The van der Waals surface area contributed by atoms with Crippen LogP contribution in [0.15, 0.2) is 53.4 Å². The van der Waals surface area contributed by atoms with Crippen molar-refractivity contribution in [3.63, 3.8) is 0 Å². The number of sulfonamides is 1. The second kappa shape index (κ2) is 7.59. The average molecular weight is 353 g/mol. The number of aryl methyl sites for hydroxylation is 1. The van der Waals surface area contributed by atoms with Crippen LogP contribution in [-0.4, -0.2) is 20.9 Å². The van der Waals surface area contributed by atoms with Crippen LogP contribution in [0.5, 0.6) is 0 Å². The SMILES string of the molecule is NS(=O)(=O)c1ccc(CCCNC(=O)c2ccc(Cl)cc2)cc1. The van der Waals surface area contributed by atoms with Crippen LogP contribution in [-0.2, 0) is 16.4 Å². The van der Waals surface area contributed by atoms with Gasteiger partial charge in [-0.15, -0.1) is 0 Å². The quantitative estimate of drug-likeness (QED) is 0.782. The second-order valence-corrected chi connectivity index (χ2v) is 7.05. The van der Waals surface area contributed by atoms with Gasteiger partial charge in [0.05, 0.1) is 4.90 Å². The maximum absolute atomic E-state index is 11.9. The molecule has 5 nitrogen and oxygen atoms in total. The van der Waals surface area contributed by atoms with E-state index in [-0.39, 0.29) is 10.8 Å². The van der Waals surface area contributed by atoms with Crippen molar-refractivity contribution < 1.29 is 13.2 Å². The molecule has 0 aliphatic rings. The standard InChI is InChI=1S/C16H17ClN2O3S/c17-14-7-5-13(6-8-14)16(20)19-11-1-2-12-3-9-15(10-4-12)23(18,21)22/h3-10H,1-2,11H2,(H,19,20)(H2,18,21,22). The molecule has 2 rings (SSSR count). The van der Waals surface area contributed by atoms with Gasteiger partial charge in [0.15, 0.2) is 0 Å². The fraction of sp³-hybridized carbons (Fsp3) is 0.188. The van der Waals surface area contributed by atoms with Gasteiger partial charge < -0.3 is 5.32 Å². The zero-order valence-electron chi connectivity index (χ0n) is 12.3. The van der Waals surface area contributed by atoms with Crippen molar-refractivity contribution in [1.82, 2.24) is 5.32 Å². The fourth-order valence-corrected chi connectivity index (χ4v) is 2.68. The summed E-state index contributed by atoms with van der Waals surface area (Å²) in [5, 5.41) is 8.46. The second-order valence-electron chi connectivity index (χ2n) is 5.06. The topological polar surface area (TPSA) is 89.3 Å². The van der Waals surface area contributed by atoms with Crippen LogP contribution in [0, 0.1) is 0 Å². The third-order valence-corrected chi connectivity index (χ3v) is 4.47. The van der Waals surface area contributed by atoms with Crippen LogP contribution >= 0.6 is 11.6 Å². The minimum atomic E-state index is -3.66. The average Bonchev–Trinajstić information content (AvgIpc) is 2.51. The molecule has 0 aliphatic carbocycles. The first-order valence-electron chi connectivity index (χ1n) is 7.02. The van der Waals surface area contributed by atoms with Crippen LogP contribution in [0.1, 0.15) is 22.3 Å². The maximum Gasteiger partial charge on any atom is 0.251 e. The number of carbonyl (C=O) groups is 1. The van der Waals surface area contributed by atoms with E-state index in [0.717, 1.165) is 18.4 Å². The number of nitrogens with one attached hydrogen (secondary N) is 1. The van der Waals surface area contributed by atoms with Gasteiger partial charge in [0.1, 0.15) is 0 Å². The normalized spacial score (nSPS) is 11.2. The lowest BCUT2D eigenvalue weighted by Gasteiger charge is -2.06. The van der Waals surface area contributed by atoms with Crippen molar-refractivity contribution in [3.05, 3.63) is 64.7 Å². The largest absolute Gasteiger partial charge is 0.352 e. The van der Waals surface area contributed by atoms with E-state index in [0.29, 0.717) is 17.1 Å². The van der Waals surface area contributed by atoms with Crippen LogP contribution in [0.4, 0.5) is 0 Å². The predicted octanol–water partition coefficient (Wildman–Crippen LogP) is 2.35. The Kier molecular flexibility index (Phi) is 5.76. The molecule has 2 aromatic rings. The third kappa shape index (κ3) is 5.35. The molecule has 0 fully saturated rings. The van der Waals surface area contributed by atoms with Gasteiger partial charge in [-0.25, -0.2) is 13.6 Å². The van der Waals surface area contributed by atoms with Crippen molar-refractivity contribution in [3.8, 4) is 0 Å². The van der Waals surface area contributed by atoms with E-state index in [2.05, 4.69) is 5.32 Å². The van der Waals surface area contributed by atoms with E-state index in [9.17, 15) is 13.2 Å². The first kappa shape index (κ1) is 17.5. The van der Waals surface area contributed by atoms with Gasteiger partial charge >= 0.3 is 0 Å². The van der Waals surface area contributed by atoms with Crippen LogP contribution < -0.4 is 10.5 Å². The van der Waals surface area contributed by atoms with Crippen molar-refractivity contribution in [2.45, 2.75) is 17.7 Å². The Morgan fingerprint density at radius 2 is 1.65 bits per heavy atom. The highest BCUT2D eigenvalue weighted by Crippen LogP contribution is 2.11. The van der Waals surface area contributed by atoms with Crippen molar-refractivity contribution in [2.24, 2.45) is 5.14 Å². The Hall–Kier alpha value is -1.89. The summed E-state index contributed by atoms with van der Waals surface area (Å²) < 4.78 is 22.3. The van der Waals surface area contributed by atoms with Gasteiger partial charge in [-0.1, -0.05) is 23.7 Å².